The fourth-order valence-electron chi connectivity index (χ4n) is 2.33. The third-order valence-electron chi connectivity index (χ3n) is 3.83. The summed E-state index contributed by atoms with van der Waals surface area (Å²) in [5, 5.41) is 3.01. The number of carbonyl (C=O) groups excluding carboxylic acids is 1. The highest BCUT2D eigenvalue weighted by Crippen LogP contribution is 2.22. The van der Waals surface area contributed by atoms with Crippen LogP contribution < -0.4 is 5.32 Å². The second-order valence-electron chi connectivity index (χ2n) is 6.85. The van der Waals surface area contributed by atoms with E-state index in [1.165, 1.54) is 37.7 Å². The summed E-state index contributed by atoms with van der Waals surface area (Å²) in [6.07, 6.45) is 7.50. The lowest BCUT2D eigenvalue weighted by atomic mass is 9.87. The van der Waals surface area contributed by atoms with Gasteiger partial charge in [-0.05, 0) is 29.5 Å². The molecule has 21 heavy (non-hydrogen) atoms. The van der Waals surface area contributed by atoms with E-state index in [-0.39, 0.29) is 11.3 Å². The number of rotatable bonds is 8. The van der Waals surface area contributed by atoms with Crippen molar-refractivity contribution in [2.45, 2.75) is 71.6 Å². The van der Waals surface area contributed by atoms with Crippen LogP contribution in [0.3, 0.4) is 0 Å². The number of nitrogens with one attached hydrogen (secondary N) is 1. The lowest BCUT2D eigenvalue weighted by molar-refractivity contribution is 0.0953. The summed E-state index contributed by atoms with van der Waals surface area (Å²) >= 11 is 0. The Morgan fingerprint density at radius 2 is 1.52 bits per heavy atom. The zero-order chi connectivity index (χ0) is 15.7. The molecule has 0 unspecified atom stereocenters. The van der Waals surface area contributed by atoms with E-state index in [2.05, 4.69) is 45.1 Å². The molecule has 0 bridgehead atoms. The Morgan fingerprint density at radius 1 is 0.952 bits per heavy atom. The molecule has 118 valence electrons. The van der Waals surface area contributed by atoms with Gasteiger partial charge >= 0.3 is 0 Å². The van der Waals surface area contributed by atoms with E-state index in [1.54, 1.807) is 0 Å². The first-order valence-corrected chi connectivity index (χ1v) is 8.34. The van der Waals surface area contributed by atoms with Gasteiger partial charge in [0.15, 0.2) is 0 Å². The molecule has 1 N–H and O–H groups in total. The molecule has 0 atom stereocenters. The largest absolute Gasteiger partial charge is 0.352 e. The smallest absolute Gasteiger partial charge is 0.251 e. The first-order valence-electron chi connectivity index (χ1n) is 8.34. The van der Waals surface area contributed by atoms with Gasteiger partial charge in [0.2, 0.25) is 0 Å². The third-order valence-corrected chi connectivity index (χ3v) is 3.83. The minimum atomic E-state index is 0.0454. The van der Waals surface area contributed by atoms with Crippen LogP contribution in [-0.2, 0) is 5.41 Å². The molecule has 0 aliphatic heterocycles. The first kappa shape index (κ1) is 17.7. The second kappa shape index (κ2) is 8.86. The molecular formula is C19H31NO. The Bertz CT molecular complexity index is 414. The lowest BCUT2D eigenvalue weighted by Gasteiger charge is -2.19. The lowest BCUT2D eigenvalue weighted by Crippen LogP contribution is -2.24. The van der Waals surface area contributed by atoms with E-state index < -0.39 is 0 Å². The van der Waals surface area contributed by atoms with Crippen molar-refractivity contribution in [1.29, 1.82) is 0 Å². The minimum Gasteiger partial charge on any atom is -0.352 e. The number of hydrogen-bond acceptors (Lipinski definition) is 1. The van der Waals surface area contributed by atoms with E-state index in [1.807, 2.05) is 12.1 Å². The van der Waals surface area contributed by atoms with Gasteiger partial charge in [-0.15, -0.1) is 0 Å². The van der Waals surface area contributed by atoms with Gasteiger partial charge in [-0.3, -0.25) is 4.79 Å². The monoisotopic (exact) mass is 289 g/mol. The van der Waals surface area contributed by atoms with Crippen LogP contribution >= 0.6 is 0 Å². The molecular weight excluding hydrogens is 258 g/mol. The van der Waals surface area contributed by atoms with Crippen molar-refractivity contribution in [1.82, 2.24) is 5.32 Å². The van der Waals surface area contributed by atoms with Crippen LogP contribution in [-0.4, -0.2) is 12.5 Å². The Balaban J connectivity index is 2.29. The van der Waals surface area contributed by atoms with Gasteiger partial charge in [-0.25, -0.2) is 0 Å². The van der Waals surface area contributed by atoms with Gasteiger partial charge in [0.05, 0.1) is 0 Å². The van der Waals surface area contributed by atoms with Crippen molar-refractivity contribution in [2.75, 3.05) is 6.54 Å². The normalized spacial score (nSPS) is 11.4. The molecule has 0 fully saturated rings. The third kappa shape index (κ3) is 6.79. The van der Waals surface area contributed by atoms with Crippen LogP contribution in [0.5, 0.6) is 0 Å². The highest BCUT2D eigenvalue weighted by molar-refractivity contribution is 5.94. The maximum atomic E-state index is 12.0. The summed E-state index contributed by atoms with van der Waals surface area (Å²) in [6.45, 7) is 9.55. The van der Waals surface area contributed by atoms with Crippen molar-refractivity contribution >= 4 is 5.91 Å². The van der Waals surface area contributed by atoms with Gasteiger partial charge in [-0.2, -0.15) is 0 Å². The summed E-state index contributed by atoms with van der Waals surface area (Å²) < 4.78 is 0. The fraction of sp³-hybridized carbons (Fsp3) is 0.632. The van der Waals surface area contributed by atoms with Gasteiger partial charge in [0, 0.05) is 12.1 Å². The van der Waals surface area contributed by atoms with E-state index in [4.69, 9.17) is 0 Å². The molecule has 1 rings (SSSR count). The molecule has 0 aliphatic carbocycles. The summed E-state index contributed by atoms with van der Waals surface area (Å²) in [5.74, 6) is 0.0454. The predicted octanol–water partition coefficient (Wildman–Crippen LogP) is 5.07. The first-order chi connectivity index (χ1) is 9.95. The molecule has 0 radical (unpaired) electrons. The number of amides is 1. The Kier molecular flexibility index (Phi) is 7.49. The van der Waals surface area contributed by atoms with Gasteiger partial charge in [0.25, 0.3) is 5.91 Å². The standard InChI is InChI=1S/C19H31NO/c1-5-6-7-8-9-10-15-20-18(21)16-11-13-17(14-12-16)19(2,3)4/h11-14H,5-10,15H2,1-4H3,(H,20,21). The van der Waals surface area contributed by atoms with Gasteiger partial charge in [0.1, 0.15) is 0 Å². The van der Waals surface area contributed by atoms with E-state index in [9.17, 15) is 4.79 Å². The fourth-order valence-corrected chi connectivity index (χ4v) is 2.33. The van der Waals surface area contributed by atoms with Gasteiger partial charge in [-0.1, -0.05) is 71.9 Å². The molecule has 2 nitrogen and oxygen atoms in total. The highest BCUT2D eigenvalue weighted by Gasteiger charge is 2.14. The van der Waals surface area contributed by atoms with Crippen LogP contribution in [0.15, 0.2) is 24.3 Å². The van der Waals surface area contributed by atoms with Crippen LogP contribution in [0.2, 0.25) is 0 Å². The maximum absolute atomic E-state index is 12.0. The zero-order valence-corrected chi connectivity index (χ0v) is 14.2. The van der Waals surface area contributed by atoms with Crippen molar-refractivity contribution < 1.29 is 4.79 Å². The summed E-state index contributed by atoms with van der Waals surface area (Å²) in [6, 6.07) is 7.97. The Labute approximate surface area is 130 Å². The van der Waals surface area contributed by atoms with Crippen molar-refractivity contribution in [2.24, 2.45) is 0 Å². The van der Waals surface area contributed by atoms with E-state index in [0.717, 1.165) is 18.5 Å². The van der Waals surface area contributed by atoms with Crippen LogP contribution in [0, 0.1) is 0 Å². The molecule has 0 heterocycles. The number of benzene rings is 1. The molecule has 0 spiro atoms. The van der Waals surface area contributed by atoms with E-state index >= 15 is 0 Å². The molecule has 0 aliphatic rings. The molecule has 1 aromatic carbocycles. The summed E-state index contributed by atoms with van der Waals surface area (Å²) in [4.78, 5) is 12.0. The highest BCUT2D eigenvalue weighted by atomic mass is 16.1. The maximum Gasteiger partial charge on any atom is 0.251 e. The SMILES string of the molecule is CCCCCCCCNC(=O)c1ccc(C(C)(C)C)cc1. The second-order valence-corrected chi connectivity index (χ2v) is 6.85. The average Bonchev–Trinajstić information content (AvgIpc) is 2.45. The van der Waals surface area contributed by atoms with Gasteiger partial charge < -0.3 is 5.32 Å². The van der Waals surface area contributed by atoms with Crippen molar-refractivity contribution in [3.05, 3.63) is 35.4 Å². The summed E-state index contributed by atoms with van der Waals surface area (Å²) in [5.41, 5.74) is 2.15. The molecule has 1 amide bonds. The topological polar surface area (TPSA) is 29.1 Å². The number of carbonyl (C=O) groups is 1. The minimum absolute atomic E-state index is 0.0454. The Morgan fingerprint density at radius 3 is 2.10 bits per heavy atom. The molecule has 0 aromatic heterocycles. The average molecular weight is 289 g/mol. The number of hydrogen-bond donors (Lipinski definition) is 1. The summed E-state index contributed by atoms with van der Waals surface area (Å²) in [7, 11) is 0. The van der Waals surface area contributed by atoms with Crippen LogP contribution in [0.25, 0.3) is 0 Å². The quantitative estimate of drug-likeness (QED) is 0.665. The zero-order valence-electron chi connectivity index (χ0n) is 14.2. The Hall–Kier alpha value is -1.31. The number of unbranched alkanes of at least 4 members (excludes halogenated alkanes) is 5. The van der Waals surface area contributed by atoms with Crippen LogP contribution in [0.4, 0.5) is 0 Å². The molecule has 1 aromatic rings. The van der Waals surface area contributed by atoms with Crippen molar-refractivity contribution in [3.63, 3.8) is 0 Å². The van der Waals surface area contributed by atoms with Crippen LogP contribution in [0.1, 0.15) is 82.1 Å². The predicted molar refractivity (Wildman–Crippen MR) is 90.9 cm³/mol. The molecule has 0 saturated heterocycles. The van der Waals surface area contributed by atoms with E-state index in [0.29, 0.717) is 0 Å². The van der Waals surface area contributed by atoms with Crippen molar-refractivity contribution in [3.8, 4) is 0 Å². The molecule has 2 heteroatoms. The molecule has 0 saturated carbocycles.